The number of carbonyl (C=O) groups excluding carboxylic acids is 1. The lowest BCUT2D eigenvalue weighted by Crippen LogP contribution is -2.28. The predicted molar refractivity (Wildman–Crippen MR) is 71.8 cm³/mol. The first-order valence-corrected chi connectivity index (χ1v) is 5.97. The molecule has 0 radical (unpaired) electrons. The number of nitrogens with zero attached hydrogens (tertiary/aromatic N) is 1. The topological polar surface area (TPSA) is 20.3 Å². The first-order chi connectivity index (χ1) is 8.08. The van der Waals surface area contributed by atoms with E-state index in [0.29, 0.717) is 6.54 Å². The fourth-order valence-electron chi connectivity index (χ4n) is 1.65. The molecule has 0 amide bonds. The lowest BCUT2D eigenvalue weighted by Gasteiger charge is -2.19. The van der Waals surface area contributed by atoms with Crippen molar-refractivity contribution >= 4 is 5.78 Å². The Bertz CT molecular complexity index is 377. The highest BCUT2D eigenvalue weighted by Crippen LogP contribution is 2.05. The van der Waals surface area contributed by atoms with E-state index in [1.807, 2.05) is 18.2 Å². The zero-order chi connectivity index (χ0) is 12.7. The fraction of sp³-hybridized carbons (Fsp3) is 0.400. The summed E-state index contributed by atoms with van der Waals surface area (Å²) in [5, 5.41) is 0. The molecule has 0 unspecified atom stereocenters. The maximum Gasteiger partial charge on any atom is 0.143 e. The van der Waals surface area contributed by atoms with Gasteiger partial charge in [0.2, 0.25) is 0 Å². The minimum Gasteiger partial charge on any atom is -0.299 e. The van der Waals surface area contributed by atoms with Gasteiger partial charge in [0.15, 0.2) is 0 Å². The Morgan fingerprint density at radius 2 is 1.82 bits per heavy atom. The normalized spacial score (nSPS) is 10.4. The number of benzene rings is 1. The Balaban J connectivity index is 2.63. The highest BCUT2D eigenvalue weighted by atomic mass is 16.1. The summed E-state index contributed by atoms with van der Waals surface area (Å²) in [6.45, 7) is 7.96. The molecule has 0 aliphatic rings. The molecule has 0 saturated carbocycles. The number of hydrogen-bond acceptors (Lipinski definition) is 2. The summed E-state index contributed by atoms with van der Waals surface area (Å²) in [4.78, 5) is 13.4. The number of Topliss-reactive ketones (excluding diaryl/α,β-unsaturated/α-hetero) is 1. The summed E-state index contributed by atoms with van der Waals surface area (Å²) in [7, 11) is 0. The molecule has 1 aromatic carbocycles. The molecule has 1 aromatic rings. The van der Waals surface area contributed by atoms with Crippen LogP contribution in [0.5, 0.6) is 0 Å². The SMILES string of the molecule is CC(=O)CN(CC=C(C)C)Cc1ccccc1. The van der Waals surface area contributed by atoms with Gasteiger partial charge < -0.3 is 0 Å². The molecule has 92 valence electrons. The van der Waals surface area contributed by atoms with Crippen LogP contribution in [0.1, 0.15) is 26.3 Å². The molecule has 2 nitrogen and oxygen atoms in total. The van der Waals surface area contributed by atoms with Gasteiger partial charge in [-0.25, -0.2) is 0 Å². The first kappa shape index (κ1) is 13.7. The molecule has 0 aliphatic carbocycles. The average Bonchev–Trinajstić information content (AvgIpc) is 2.26. The van der Waals surface area contributed by atoms with Crippen molar-refractivity contribution in [3.8, 4) is 0 Å². The van der Waals surface area contributed by atoms with E-state index >= 15 is 0 Å². The molecule has 1 rings (SSSR count). The van der Waals surface area contributed by atoms with E-state index in [2.05, 4.69) is 37.0 Å². The largest absolute Gasteiger partial charge is 0.299 e. The Morgan fingerprint density at radius 3 is 2.35 bits per heavy atom. The van der Waals surface area contributed by atoms with Gasteiger partial charge in [-0.05, 0) is 26.3 Å². The monoisotopic (exact) mass is 231 g/mol. The van der Waals surface area contributed by atoms with E-state index in [-0.39, 0.29) is 5.78 Å². The molecule has 0 spiro atoms. The van der Waals surface area contributed by atoms with E-state index in [4.69, 9.17) is 0 Å². The van der Waals surface area contributed by atoms with Crippen molar-refractivity contribution in [3.63, 3.8) is 0 Å². The summed E-state index contributed by atoms with van der Waals surface area (Å²) in [6.07, 6.45) is 2.16. The summed E-state index contributed by atoms with van der Waals surface area (Å²) in [6, 6.07) is 10.3. The third-order valence-corrected chi connectivity index (χ3v) is 2.45. The molecule has 0 saturated heterocycles. The van der Waals surface area contributed by atoms with Crippen LogP contribution in [0.15, 0.2) is 42.0 Å². The third kappa shape index (κ3) is 6.03. The number of hydrogen-bond donors (Lipinski definition) is 0. The number of carbonyl (C=O) groups is 1. The summed E-state index contributed by atoms with van der Waals surface area (Å²) >= 11 is 0. The Kier molecular flexibility index (Phi) is 5.64. The Labute approximate surface area is 104 Å². The molecule has 0 N–H and O–H groups in total. The molecule has 17 heavy (non-hydrogen) atoms. The zero-order valence-electron chi connectivity index (χ0n) is 10.9. The molecule has 2 heteroatoms. The second-order valence-electron chi connectivity index (χ2n) is 4.64. The smallest absolute Gasteiger partial charge is 0.143 e. The molecule has 0 bridgehead atoms. The predicted octanol–water partition coefficient (Wildman–Crippen LogP) is 3.04. The van der Waals surface area contributed by atoms with Gasteiger partial charge in [0.1, 0.15) is 5.78 Å². The van der Waals surface area contributed by atoms with Crippen molar-refractivity contribution in [3.05, 3.63) is 47.5 Å². The van der Waals surface area contributed by atoms with Crippen LogP contribution in [-0.4, -0.2) is 23.8 Å². The Morgan fingerprint density at radius 1 is 1.18 bits per heavy atom. The van der Waals surface area contributed by atoms with E-state index in [9.17, 15) is 4.79 Å². The molecule has 0 aromatic heterocycles. The quantitative estimate of drug-likeness (QED) is 0.701. The van der Waals surface area contributed by atoms with Crippen molar-refractivity contribution in [2.45, 2.75) is 27.3 Å². The van der Waals surface area contributed by atoms with Gasteiger partial charge in [0.05, 0.1) is 6.54 Å². The molecular weight excluding hydrogens is 210 g/mol. The number of ketones is 1. The molecule has 0 aliphatic heterocycles. The van der Waals surface area contributed by atoms with Crippen molar-refractivity contribution < 1.29 is 4.79 Å². The molecular formula is C15H21NO. The summed E-state index contributed by atoms with van der Waals surface area (Å²) < 4.78 is 0. The van der Waals surface area contributed by atoms with Gasteiger partial charge in [-0.2, -0.15) is 0 Å². The van der Waals surface area contributed by atoms with E-state index in [0.717, 1.165) is 13.1 Å². The van der Waals surface area contributed by atoms with Crippen LogP contribution in [-0.2, 0) is 11.3 Å². The van der Waals surface area contributed by atoms with Gasteiger partial charge in [-0.15, -0.1) is 0 Å². The highest BCUT2D eigenvalue weighted by molar-refractivity contribution is 5.77. The first-order valence-electron chi connectivity index (χ1n) is 5.97. The van der Waals surface area contributed by atoms with Gasteiger partial charge in [-0.1, -0.05) is 42.0 Å². The van der Waals surface area contributed by atoms with Crippen LogP contribution >= 0.6 is 0 Å². The number of allylic oxidation sites excluding steroid dienone is 1. The van der Waals surface area contributed by atoms with Crippen LogP contribution in [0.4, 0.5) is 0 Å². The summed E-state index contributed by atoms with van der Waals surface area (Å²) in [5.74, 6) is 0.211. The Hall–Kier alpha value is -1.41. The lowest BCUT2D eigenvalue weighted by atomic mass is 10.2. The van der Waals surface area contributed by atoms with Gasteiger partial charge >= 0.3 is 0 Å². The standard InChI is InChI=1S/C15H21NO/c1-13(2)9-10-16(11-14(3)17)12-15-7-5-4-6-8-15/h4-9H,10-12H2,1-3H3. The van der Waals surface area contributed by atoms with Crippen molar-refractivity contribution in [1.29, 1.82) is 0 Å². The van der Waals surface area contributed by atoms with Crippen LogP contribution in [0.2, 0.25) is 0 Å². The lowest BCUT2D eigenvalue weighted by molar-refractivity contribution is -0.118. The molecule has 0 atom stereocenters. The minimum absolute atomic E-state index is 0.211. The summed E-state index contributed by atoms with van der Waals surface area (Å²) in [5.41, 5.74) is 2.53. The third-order valence-electron chi connectivity index (χ3n) is 2.45. The van der Waals surface area contributed by atoms with E-state index < -0.39 is 0 Å². The van der Waals surface area contributed by atoms with Crippen molar-refractivity contribution in [2.24, 2.45) is 0 Å². The zero-order valence-corrected chi connectivity index (χ0v) is 10.9. The highest BCUT2D eigenvalue weighted by Gasteiger charge is 2.06. The average molecular weight is 231 g/mol. The van der Waals surface area contributed by atoms with Gasteiger partial charge in [0.25, 0.3) is 0 Å². The maximum absolute atomic E-state index is 11.2. The maximum atomic E-state index is 11.2. The van der Waals surface area contributed by atoms with E-state index in [1.54, 1.807) is 6.92 Å². The van der Waals surface area contributed by atoms with Crippen LogP contribution in [0, 0.1) is 0 Å². The minimum atomic E-state index is 0.211. The van der Waals surface area contributed by atoms with E-state index in [1.165, 1.54) is 11.1 Å². The van der Waals surface area contributed by atoms with Gasteiger partial charge in [-0.3, -0.25) is 9.69 Å². The second kappa shape index (κ2) is 7.02. The van der Waals surface area contributed by atoms with Crippen LogP contribution in [0.25, 0.3) is 0 Å². The van der Waals surface area contributed by atoms with Crippen molar-refractivity contribution in [1.82, 2.24) is 4.90 Å². The molecule has 0 fully saturated rings. The van der Waals surface area contributed by atoms with Crippen LogP contribution in [0.3, 0.4) is 0 Å². The van der Waals surface area contributed by atoms with Gasteiger partial charge in [0, 0.05) is 13.1 Å². The number of rotatable bonds is 6. The van der Waals surface area contributed by atoms with Crippen LogP contribution < -0.4 is 0 Å². The van der Waals surface area contributed by atoms with Crippen molar-refractivity contribution in [2.75, 3.05) is 13.1 Å². The molecule has 0 heterocycles. The second-order valence-corrected chi connectivity index (χ2v) is 4.64. The fourth-order valence-corrected chi connectivity index (χ4v) is 1.65.